The van der Waals surface area contributed by atoms with Crippen LogP contribution < -0.4 is 4.72 Å². The van der Waals surface area contributed by atoms with Gasteiger partial charge in [0.2, 0.25) is 15.9 Å². The van der Waals surface area contributed by atoms with Gasteiger partial charge in [-0.1, -0.05) is 0 Å². The number of rotatable bonds is 7. The molecule has 0 atom stereocenters. The monoisotopic (exact) mass is 369 g/mol. The second kappa shape index (κ2) is 7.75. The molecule has 7 nitrogen and oxygen atoms in total. The van der Waals surface area contributed by atoms with Crippen molar-refractivity contribution < 1.29 is 22.0 Å². The smallest absolute Gasteiger partial charge is 0.276 e. The highest BCUT2D eigenvalue weighted by atomic mass is 32.2. The van der Waals surface area contributed by atoms with Gasteiger partial charge in [-0.05, 0) is 45.0 Å². The third-order valence-corrected chi connectivity index (χ3v) is 5.05. The van der Waals surface area contributed by atoms with E-state index in [1.807, 2.05) is 13.8 Å². The molecule has 0 saturated heterocycles. The predicted octanol–water partition coefficient (Wildman–Crippen LogP) is 2.08. The molecule has 0 radical (unpaired) electrons. The zero-order valence-electron chi connectivity index (χ0n) is 14.2. The Balaban J connectivity index is 2.13. The van der Waals surface area contributed by atoms with Gasteiger partial charge in [-0.25, -0.2) is 22.5 Å². The van der Waals surface area contributed by atoms with Gasteiger partial charge in [0, 0.05) is 13.1 Å². The first-order chi connectivity index (χ1) is 11.8. The number of sulfonamides is 1. The van der Waals surface area contributed by atoms with Gasteiger partial charge < -0.3 is 9.32 Å². The molecular weight excluding hydrogens is 349 g/mol. The maximum Gasteiger partial charge on any atom is 0.276 e. The first-order valence-electron chi connectivity index (χ1n) is 7.79. The molecule has 0 bridgehead atoms. The van der Waals surface area contributed by atoms with E-state index in [0.29, 0.717) is 18.8 Å². The Hall–Kier alpha value is -2.26. The molecule has 0 saturated carbocycles. The molecule has 1 amide bonds. The fourth-order valence-corrected chi connectivity index (χ4v) is 3.21. The van der Waals surface area contributed by atoms with Gasteiger partial charge in [0.15, 0.2) is 5.69 Å². The van der Waals surface area contributed by atoms with E-state index in [1.54, 1.807) is 11.8 Å². The normalized spacial score (nSPS) is 11.5. The van der Waals surface area contributed by atoms with Crippen molar-refractivity contribution in [2.24, 2.45) is 0 Å². The lowest BCUT2D eigenvalue weighted by Crippen LogP contribution is -2.31. The number of amides is 1. The van der Waals surface area contributed by atoms with Gasteiger partial charge in [0.05, 0.1) is 11.4 Å². The summed E-state index contributed by atoms with van der Waals surface area (Å²) in [5, 5.41) is 0. The van der Waals surface area contributed by atoms with Crippen molar-refractivity contribution in [3.63, 3.8) is 0 Å². The summed E-state index contributed by atoms with van der Waals surface area (Å²) >= 11 is 0. The van der Waals surface area contributed by atoms with E-state index < -0.39 is 15.8 Å². The average molecular weight is 369 g/mol. The third kappa shape index (κ3) is 4.43. The van der Waals surface area contributed by atoms with Crippen LogP contribution in [-0.2, 0) is 16.6 Å². The summed E-state index contributed by atoms with van der Waals surface area (Å²) in [5.74, 6) is -0.382. The number of aromatic nitrogens is 1. The molecule has 9 heteroatoms. The van der Waals surface area contributed by atoms with Crippen LogP contribution >= 0.6 is 0 Å². The van der Waals surface area contributed by atoms with E-state index in [1.165, 1.54) is 0 Å². The van der Waals surface area contributed by atoms with Gasteiger partial charge >= 0.3 is 0 Å². The number of nitrogens with zero attached hydrogens (tertiary/aromatic N) is 2. The summed E-state index contributed by atoms with van der Waals surface area (Å²) in [5.41, 5.74) is 0.166. The molecule has 0 fully saturated rings. The molecule has 1 aromatic heterocycles. The van der Waals surface area contributed by atoms with Crippen LogP contribution in [-0.4, -0.2) is 37.3 Å². The van der Waals surface area contributed by atoms with E-state index in [2.05, 4.69) is 9.71 Å². The lowest BCUT2D eigenvalue weighted by Gasteiger charge is -2.16. The largest absolute Gasteiger partial charge is 0.444 e. The standard InChI is InChI=1S/C16H20FN3O4S/c1-4-20(5-2)16(21)15-11(3)24-14(19-15)10-18-25(22,23)13-8-6-12(17)7-9-13/h6-9,18H,4-5,10H2,1-3H3. The van der Waals surface area contributed by atoms with Crippen LogP contribution in [0.3, 0.4) is 0 Å². The summed E-state index contributed by atoms with van der Waals surface area (Å²) in [6, 6.07) is 4.44. The van der Waals surface area contributed by atoms with Crippen LogP contribution in [0.1, 0.15) is 36.0 Å². The molecule has 2 aromatic rings. The number of hydrogen-bond acceptors (Lipinski definition) is 5. The minimum Gasteiger partial charge on any atom is -0.444 e. The number of hydrogen-bond donors (Lipinski definition) is 1. The van der Waals surface area contributed by atoms with Crippen LogP contribution in [0.4, 0.5) is 4.39 Å². The number of oxazole rings is 1. The van der Waals surface area contributed by atoms with Gasteiger partial charge in [-0.2, -0.15) is 0 Å². The molecule has 2 rings (SSSR count). The topological polar surface area (TPSA) is 92.5 Å². The van der Waals surface area contributed by atoms with E-state index in [0.717, 1.165) is 24.3 Å². The lowest BCUT2D eigenvalue weighted by molar-refractivity contribution is 0.0766. The van der Waals surface area contributed by atoms with Crippen molar-refractivity contribution >= 4 is 15.9 Å². The van der Waals surface area contributed by atoms with Crippen molar-refractivity contribution in [2.75, 3.05) is 13.1 Å². The van der Waals surface area contributed by atoms with Gasteiger partial charge in [0.25, 0.3) is 5.91 Å². The fourth-order valence-electron chi connectivity index (χ4n) is 2.24. The van der Waals surface area contributed by atoms with E-state index >= 15 is 0 Å². The number of carbonyl (C=O) groups excluding carboxylic acids is 1. The SMILES string of the molecule is CCN(CC)C(=O)c1nc(CNS(=O)(=O)c2ccc(F)cc2)oc1C. The van der Waals surface area contributed by atoms with Crippen molar-refractivity contribution in [3.05, 3.63) is 47.4 Å². The zero-order chi connectivity index (χ0) is 18.6. The summed E-state index contributed by atoms with van der Waals surface area (Å²) in [6.45, 7) is 6.17. The number of aryl methyl sites for hydroxylation is 1. The van der Waals surface area contributed by atoms with Crippen molar-refractivity contribution in [2.45, 2.75) is 32.2 Å². The maximum atomic E-state index is 12.9. The molecule has 0 spiro atoms. The minimum atomic E-state index is -3.84. The highest BCUT2D eigenvalue weighted by molar-refractivity contribution is 7.89. The predicted molar refractivity (Wildman–Crippen MR) is 88.9 cm³/mol. The van der Waals surface area contributed by atoms with Gasteiger partial charge in [-0.15, -0.1) is 0 Å². The minimum absolute atomic E-state index is 0.0726. The number of benzene rings is 1. The van der Waals surface area contributed by atoms with Crippen LogP contribution in [0.5, 0.6) is 0 Å². The highest BCUT2D eigenvalue weighted by Crippen LogP contribution is 2.14. The second-order valence-corrected chi connectivity index (χ2v) is 7.04. The summed E-state index contributed by atoms with van der Waals surface area (Å²) < 4.78 is 44.9. The summed E-state index contributed by atoms with van der Waals surface area (Å²) in [7, 11) is -3.84. The quantitative estimate of drug-likeness (QED) is 0.807. The molecule has 1 heterocycles. The van der Waals surface area contributed by atoms with Gasteiger partial charge in [0.1, 0.15) is 11.6 Å². The van der Waals surface area contributed by atoms with E-state index in [-0.39, 0.29) is 28.9 Å². The van der Waals surface area contributed by atoms with Crippen LogP contribution in [0, 0.1) is 12.7 Å². The van der Waals surface area contributed by atoms with Crippen LogP contribution in [0.25, 0.3) is 0 Å². The van der Waals surface area contributed by atoms with E-state index in [9.17, 15) is 17.6 Å². The highest BCUT2D eigenvalue weighted by Gasteiger charge is 2.22. The molecule has 0 aliphatic carbocycles. The average Bonchev–Trinajstić information content (AvgIpc) is 2.95. The Morgan fingerprint density at radius 2 is 1.84 bits per heavy atom. The molecular formula is C16H20FN3O4S. The maximum absolute atomic E-state index is 12.9. The first kappa shape index (κ1) is 19.1. The van der Waals surface area contributed by atoms with Crippen molar-refractivity contribution in [3.8, 4) is 0 Å². The molecule has 25 heavy (non-hydrogen) atoms. The molecule has 136 valence electrons. The number of nitrogens with one attached hydrogen (secondary N) is 1. The van der Waals surface area contributed by atoms with Crippen molar-refractivity contribution in [1.82, 2.24) is 14.6 Å². The lowest BCUT2D eigenvalue weighted by atomic mass is 10.3. The third-order valence-electron chi connectivity index (χ3n) is 3.63. The van der Waals surface area contributed by atoms with E-state index in [4.69, 9.17) is 4.42 Å². The molecule has 0 aliphatic rings. The van der Waals surface area contributed by atoms with Crippen LogP contribution in [0.2, 0.25) is 0 Å². The Morgan fingerprint density at radius 3 is 2.40 bits per heavy atom. The Bertz CT molecular complexity index is 843. The zero-order valence-corrected chi connectivity index (χ0v) is 15.1. The molecule has 0 aliphatic heterocycles. The Morgan fingerprint density at radius 1 is 1.24 bits per heavy atom. The second-order valence-electron chi connectivity index (χ2n) is 5.27. The summed E-state index contributed by atoms with van der Waals surface area (Å²) in [4.78, 5) is 17.9. The number of halogens is 1. The number of carbonyl (C=O) groups is 1. The molecule has 0 unspecified atom stereocenters. The summed E-state index contributed by atoms with van der Waals surface area (Å²) in [6.07, 6.45) is 0. The van der Waals surface area contributed by atoms with Crippen molar-refractivity contribution in [1.29, 1.82) is 0 Å². The first-order valence-corrected chi connectivity index (χ1v) is 9.27. The molecule has 1 aromatic carbocycles. The Kier molecular flexibility index (Phi) is 5.91. The van der Waals surface area contributed by atoms with Crippen LogP contribution in [0.15, 0.2) is 33.6 Å². The Labute approximate surface area is 145 Å². The van der Waals surface area contributed by atoms with Gasteiger partial charge in [-0.3, -0.25) is 4.79 Å². The fraction of sp³-hybridized carbons (Fsp3) is 0.375. The molecule has 1 N–H and O–H groups in total.